The average Bonchev–Trinajstić information content (AvgIpc) is 3.35. The zero-order valence-electron chi connectivity index (χ0n) is 17.4. The summed E-state index contributed by atoms with van der Waals surface area (Å²) in [5.41, 5.74) is 1.14. The lowest BCUT2D eigenvalue weighted by Gasteiger charge is -2.19. The van der Waals surface area contributed by atoms with Crippen LogP contribution in [0.5, 0.6) is 0 Å². The summed E-state index contributed by atoms with van der Waals surface area (Å²) in [5.74, 6) is -2.77. The lowest BCUT2D eigenvalue weighted by molar-refractivity contribution is -0.116. The van der Waals surface area contributed by atoms with Crippen molar-refractivity contribution in [1.29, 1.82) is 0 Å². The van der Waals surface area contributed by atoms with Gasteiger partial charge < -0.3 is 10.2 Å². The summed E-state index contributed by atoms with van der Waals surface area (Å²) in [4.78, 5) is 28.1. The first-order chi connectivity index (χ1) is 15.4. The number of nitrogens with zero attached hydrogens (tertiary/aromatic N) is 3. The molecular formula is C23H20F2N4O2S. The van der Waals surface area contributed by atoms with Crippen LogP contribution in [0.15, 0.2) is 54.6 Å². The number of carbonyl (C=O) groups excluding carboxylic acids is 2. The Hall–Kier alpha value is -3.59. The largest absolute Gasteiger partial charge is 0.329 e. The first-order valence-corrected chi connectivity index (χ1v) is 10.8. The van der Waals surface area contributed by atoms with E-state index in [0.29, 0.717) is 4.88 Å². The average molecular weight is 455 g/mol. The number of para-hydroxylation sites is 2. The van der Waals surface area contributed by atoms with Crippen molar-refractivity contribution in [2.45, 2.75) is 13.8 Å². The molecule has 2 aromatic heterocycles. The van der Waals surface area contributed by atoms with Crippen LogP contribution < -0.4 is 5.32 Å². The highest BCUT2D eigenvalue weighted by Crippen LogP contribution is 2.31. The molecule has 0 saturated carbocycles. The predicted octanol–water partition coefficient (Wildman–Crippen LogP) is 4.77. The van der Waals surface area contributed by atoms with Crippen LogP contribution in [0.2, 0.25) is 0 Å². The summed E-state index contributed by atoms with van der Waals surface area (Å²) >= 11 is 1.28. The van der Waals surface area contributed by atoms with E-state index in [-0.39, 0.29) is 19.0 Å². The second-order valence-corrected chi connectivity index (χ2v) is 8.16. The third-order valence-corrected chi connectivity index (χ3v) is 6.09. The van der Waals surface area contributed by atoms with Crippen LogP contribution in [-0.4, -0.2) is 39.6 Å². The maximum atomic E-state index is 13.8. The van der Waals surface area contributed by atoms with Gasteiger partial charge in [0, 0.05) is 11.9 Å². The van der Waals surface area contributed by atoms with Crippen molar-refractivity contribution in [2.75, 3.05) is 18.4 Å². The van der Waals surface area contributed by atoms with Gasteiger partial charge in [0.25, 0.3) is 5.91 Å². The second kappa shape index (κ2) is 8.88. The number of halogens is 2. The van der Waals surface area contributed by atoms with Crippen LogP contribution in [0, 0.1) is 18.6 Å². The molecule has 0 spiro atoms. The van der Waals surface area contributed by atoms with Crippen LogP contribution in [0.1, 0.15) is 22.3 Å². The molecule has 32 heavy (non-hydrogen) atoms. The fourth-order valence-electron chi connectivity index (χ4n) is 3.35. The lowest BCUT2D eigenvalue weighted by Crippen LogP contribution is -2.37. The molecule has 0 bridgehead atoms. The minimum atomic E-state index is -0.877. The third kappa shape index (κ3) is 4.11. The van der Waals surface area contributed by atoms with Crippen LogP contribution in [0.4, 0.5) is 14.5 Å². The van der Waals surface area contributed by atoms with E-state index in [2.05, 4.69) is 10.4 Å². The monoisotopic (exact) mass is 454 g/mol. The maximum Gasteiger partial charge on any atom is 0.264 e. The minimum absolute atomic E-state index is 0.254. The van der Waals surface area contributed by atoms with Gasteiger partial charge in [-0.2, -0.15) is 5.10 Å². The Kier molecular flexibility index (Phi) is 6.00. The van der Waals surface area contributed by atoms with Gasteiger partial charge in [-0.3, -0.25) is 9.59 Å². The Balaban J connectivity index is 1.56. The van der Waals surface area contributed by atoms with E-state index in [1.807, 2.05) is 37.3 Å². The van der Waals surface area contributed by atoms with Gasteiger partial charge in [0.1, 0.15) is 28.7 Å². The van der Waals surface area contributed by atoms with Crippen molar-refractivity contribution in [3.8, 4) is 5.69 Å². The summed E-state index contributed by atoms with van der Waals surface area (Å²) < 4.78 is 29.4. The smallest absolute Gasteiger partial charge is 0.264 e. The molecular weight excluding hydrogens is 434 g/mol. The molecule has 2 heterocycles. The van der Waals surface area contributed by atoms with E-state index in [1.54, 1.807) is 17.7 Å². The predicted molar refractivity (Wildman–Crippen MR) is 120 cm³/mol. The molecule has 4 rings (SSSR count). The molecule has 0 atom stereocenters. The van der Waals surface area contributed by atoms with Gasteiger partial charge in [0.2, 0.25) is 5.91 Å². The van der Waals surface area contributed by atoms with Gasteiger partial charge in [0.15, 0.2) is 0 Å². The number of aromatic nitrogens is 2. The van der Waals surface area contributed by atoms with Gasteiger partial charge in [-0.15, -0.1) is 11.3 Å². The van der Waals surface area contributed by atoms with Crippen molar-refractivity contribution < 1.29 is 18.4 Å². The summed E-state index contributed by atoms with van der Waals surface area (Å²) in [7, 11) is 0. The minimum Gasteiger partial charge on any atom is -0.329 e. The number of thiophene rings is 1. The molecule has 0 aliphatic heterocycles. The molecule has 2 aromatic carbocycles. The fraction of sp³-hybridized carbons (Fsp3) is 0.174. The van der Waals surface area contributed by atoms with Crippen LogP contribution in [0.25, 0.3) is 15.9 Å². The van der Waals surface area contributed by atoms with Crippen molar-refractivity contribution >= 4 is 39.1 Å². The number of likely N-dealkylation sites (N-methyl/N-ethyl adjacent to an activating group) is 1. The Morgan fingerprint density at radius 3 is 2.44 bits per heavy atom. The highest BCUT2D eigenvalue weighted by Gasteiger charge is 2.23. The molecule has 6 nitrogen and oxygen atoms in total. The number of aryl methyl sites for hydroxylation is 1. The number of rotatable bonds is 6. The van der Waals surface area contributed by atoms with Gasteiger partial charge in [-0.05, 0) is 44.2 Å². The quantitative estimate of drug-likeness (QED) is 0.456. The number of hydrogen-bond acceptors (Lipinski definition) is 4. The van der Waals surface area contributed by atoms with Gasteiger partial charge in [0.05, 0.1) is 16.3 Å². The number of benzene rings is 2. The van der Waals surface area contributed by atoms with Gasteiger partial charge in [-0.25, -0.2) is 13.5 Å². The van der Waals surface area contributed by atoms with Gasteiger partial charge >= 0.3 is 0 Å². The number of carbonyl (C=O) groups is 2. The van der Waals surface area contributed by atoms with E-state index >= 15 is 0 Å². The van der Waals surface area contributed by atoms with Crippen molar-refractivity contribution in [1.82, 2.24) is 14.7 Å². The molecule has 0 saturated heterocycles. The van der Waals surface area contributed by atoms with E-state index in [1.165, 1.54) is 22.3 Å². The Morgan fingerprint density at radius 2 is 1.78 bits per heavy atom. The van der Waals surface area contributed by atoms with Crippen molar-refractivity contribution in [3.05, 3.63) is 76.8 Å². The summed E-state index contributed by atoms with van der Waals surface area (Å²) in [6, 6.07) is 14.7. The normalized spacial score (nSPS) is 11.0. The first kappa shape index (κ1) is 21.6. The van der Waals surface area contributed by atoms with Crippen molar-refractivity contribution in [2.24, 2.45) is 0 Å². The highest BCUT2D eigenvalue weighted by atomic mass is 32.1. The van der Waals surface area contributed by atoms with Gasteiger partial charge in [-0.1, -0.05) is 24.3 Å². The summed E-state index contributed by atoms with van der Waals surface area (Å²) in [6.07, 6.45) is 0. The topological polar surface area (TPSA) is 67.2 Å². The molecule has 164 valence electrons. The Morgan fingerprint density at radius 1 is 1.09 bits per heavy atom. The molecule has 0 aliphatic carbocycles. The number of nitrogens with one attached hydrogen (secondary N) is 1. The first-order valence-electron chi connectivity index (χ1n) is 9.96. The van der Waals surface area contributed by atoms with E-state index < -0.39 is 23.2 Å². The molecule has 0 aliphatic rings. The zero-order valence-corrected chi connectivity index (χ0v) is 18.2. The second-order valence-electron chi connectivity index (χ2n) is 7.13. The Labute approximate surface area is 187 Å². The maximum absolute atomic E-state index is 13.8. The fourth-order valence-corrected chi connectivity index (χ4v) is 4.50. The lowest BCUT2D eigenvalue weighted by atomic mass is 10.2. The molecule has 0 unspecified atom stereocenters. The third-order valence-electron chi connectivity index (χ3n) is 4.99. The molecule has 0 fully saturated rings. The van der Waals surface area contributed by atoms with E-state index in [0.717, 1.165) is 33.7 Å². The number of amides is 2. The van der Waals surface area contributed by atoms with Crippen LogP contribution in [-0.2, 0) is 4.79 Å². The number of hydrogen-bond donors (Lipinski definition) is 1. The molecule has 2 amide bonds. The van der Waals surface area contributed by atoms with E-state index in [4.69, 9.17) is 0 Å². The van der Waals surface area contributed by atoms with Crippen LogP contribution >= 0.6 is 11.3 Å². The van der Waals surface area contributed by atoms with Crippen LogP contribution in [0.3, 0.4) is 0 Å². The van der Waals surface area contributed by atoms with Crippen molar-refractivity contribution in [3.63, 3.8) is 0 Å². The SMILES string of the molecule is CCN(CC(=O)Nc1c(F)cccc1F)C(=O)c1cc2c(C)nn(-c3ccccc3)c2s1. The molecule has 9 heteroatoms. The highest BCUT2D eigenvalue weighted by molar-refractivity contribution is 7.20. The zero-order chi connectivity index (χ0) is 22.8. The molecule has 0 radical (unpaired) electrons. The number of anilines is 1. The Bertz CT molecular complexity index is 1280. The summed E-state index contributed by atoms with van der Waals surface area (Å²) in [6.45, 7) is 3.53. The molecule has 4 aromatic rings. The standard InChI is InChI=1S/C23H20F2N4O2S/c1-3-28(13-20(30)26-21-17(24)10-7-11-18(21)25)22(31)19-12-16-14(2)27-29(23(16)32-19)15-8-5-4-6-9-15/h4-12H,3,13H2,1-2H3,(H,26,30). The number of fused-ring (bicyclic) bond motifs is 1. The molecule has 1 N–H and O–H groups in total. The van der Waals surface area contributed by atoms with E-state index in [9.17, 15) is 18.4 Å². The summed E-state index contributed by atoms with van der Waals surface area (Å²) in [5, 5.41) is 7.64.